The first kappa shape index (κ1) is 67.1. The van der Waals surface area contributed by atoms with Gasteiger partial charge in [-0.15, -0.1) is 0 Å². The molecule has 23 aromatic carbocycles. The summed E-state index contributed by atoms with van der Waals surface area (Å²) in [6.45, 7) is -0.865. The van der Waals surface area contributed by atoms with Crippen LogP contribution in [-0.2, 0) is 0 Å². The summed E-state index contributed by atoms with van der Waals surface area (Å²) >= 11 is 0. The highest BCUT2D eigenvalue weighted by molar-refractivity contribution is 7.00. The SMILES string of the molecule is [2H]c1c([2H])c([2H])c2c(c1[2H])c1c([2H])c([2H])c(-c3cccc(-c4ccccc4)c3)c([2H])c1n2-c1ccc2c(c1)N(c1c(-c3ccccc3)cc(-c3ccccc3)cc1-c1ccccc1)c1cc(-c3cccc(-c4ccccc4)c3)cc3c1B2c1ccc(-n2c4c([2H])c([2H])c([2H])c([2H])c4c4c([2H])c([2H])c(-c5cccc(-c6ccccc6)c5)c([2H])c42)cc1N3c1c(-c2cccc(-c3ccccc3)c2)cccc1-c1cc2ccccc2c2ccccc12. The van der Waals surface area contributed by atoms with E-state index in [2.05, 4.69) is 289 Å². The normalized spacial score (nSPS) is 13.5. The maximum atomic E-state index is 11.1. The minimum Gasteiger partial charge on any atom is -0.310 e. The Morgan fingerprint density at radius 3 is 0.964 bits per heavy atom. The van der Waals surface area contributed by atoms with Crippen LogP contribution < -0.4 is 26.2 Å². The molecule has 2 aliphatic heterocycles. The van der Waals surface area contributed by atoms with Gasteiger partial charge in [-0.25, -0.2) is 0 Å². The number of para-hydroxylation sites is 3. The molecule has 0 unspecified atom stereocenters. The van der Waals surface area contributed by atoms with E-state index in [0.717, 1.165) is 161 Å². The molecule has 25 aromatic rings. The van der Waals surface area contributed by atoms with Crippen LogP contribution in [-0.4, -0.2) is 15.8 Å². The molecule has 0 amide bonds. The number of hydrogen-bond donors (Lipinski definition) is 0. The zero-order valence-electron chi connectivity index (χ0n) is 89.0. The average molecular weight is 1780 g/mol. The molecule has 0 radical (unpaired) electrons. The Balaban J connectivity index is 0.847. The lowest BCUT2D eigenvalue weighted by Crippen LogP contribution is -2.61. The largest absolute Gasteiger partial charge is 0.310 e. The van der Waals surface area contributed by atoms with Gasteiger partial charge in [-0.2, -0.15) is 0 Å². The summed E-state index contributed by atoms with van der Waals surface area (Å²) in [4.78, 5) is 4.82. The van der Waals surface area contributed by atoms with Crippen LogP contribution in [0.15, 0.2) is 527 Å². The quantitative estimate of drug-likeness (QED) is 0.0708. The fourth-order valence-corrected chi connectivity index (χ4v) is 21.6. The second kappa shape index (κ2) is 33.5. The first-order valence-corrected chi connectivity index (χ1v) is 47.0. The molecule has 139 heavy (non-hydrogen) atoms. The molecule has 0 N–H and O–H groups in total. The van der Waals surface area contributed by atoms with Crippen LogP contribution in [0.3, 0.4) is 0 Å². The highest BCUT2D eigenvalue weighted by Crippen LogP contribution is 2.57. The Morgan fingerprint density at radius 1 is 0.180 bits per heavy atom. The lowest BCUT2D eigenvalue weighted by atomic mass is 9.33. The highest BCUT2D eigenvalue weighted by Gasteiger charge is 2.46. The van der Waals surface area contributed by atoms with Gasteiger partial charge in [0.15, 0.2) is 0 Å². The van der Waals surface area contributed by atoms with Gasteiger partial charge in [0.2, 0.25) is 0 Å². The van der Waals surface area contributed by atoms with Crippen molar-refractivity contribution in [1.82, 2.24) is 9.13 Å². The van der Waals surface area contributed by atoms with Gasteiger partial charge in [-0.05, 0) is 252 Å². The van der Waals surface area contributed by atoms with Crippen molar-refractivity contribution in [2.45, 2.75) is 0 Å². The summed E-state index contributed by atoms with van der Waals surface area (Å²) in [5, 5.41) is 3.98. The number of fused-ring (bicyclic) bond motifs is 13. The Hall–Kier alpha value is -18.2. The summed E-state index contributed by atoms with van der Waals surface area (Å²) in [5.41, 5.74) is 25.9. The van der Waals surface area contributed by atoms with E-state index in [-0.39, 0.29) is 91.0 Å². The van der Waals surface area contributed by atoms with Gasteiger partial charge in [-0.3, -0.25) is 0 Å². The van der Waals surface area contributed by atoms with Crippen molar-refractivity contribution in [3.63, 3.8) is 0 Å². The van der Waals surface area contributed by atoms with E-state index in [1.807, 2.05) is 164 Å². The van der Waals surface area contributed by atoms with Gasteiger partial charge in [-0.1, -0.05) is 424 Å². The van der Waals surface area contributed by atoms with Crippen LogP contribution in [0.4, 0.5) is 34.1 Å². The lowest BCUT2D eigenvalue weighted by Gasteiger charge is -2.46. The van der Waals surface area contributed by atoms with Gasteiger partial charge in [0, 0.05) is 77.9 Å². The Labute approximate surface area is 827 Å². The van der Waals surface area contributed by atoms with Crippen molar-refractivity contribution >= 4 is 122 Å². The standard InChI is InChI=1S/C134H87BN4/c1-8-35-88(36-9-1)95-50-30-54-99(75-95)102-67-71-116-114-61-26-28-65-124(114)136(126(116)82-102)108-69-73-122-128(86-108)138(133-111(104-57-33-53-98(78-104)91-41-14-4-15-42-91)63-34-64-118(133)121-79-105-49-22-23-58-110(105)112-59-24-25-60-113(112)121)130-84-107(101-56-32-52-97(77-101)90-39-12-3-13-40-90)85-131-132(130)135(122)123-74-70-109(137-125-66-29-27-62-115(125)117-72-68-103(83-127(117)137)100-55-31-51-96(76-100)89-37-10-2-11-38-89)87-129(123)139(131)134-119(93-45-18-6-19-46-93)80-106(92-43-16-5-17-44-92)81-120(134)94-47-20-7-21-48-94/h1-87H/i26D,27D,28D,29D,61D,62D,65D,66D,67D,68D,71D,72D,82D,83D. The summed E-state index contributed by atoms with van der Waals surface area (Å²) in [5.74, 6) is 0. The molecule has 0 bridgehead atoms. The molecule has 0 saturated heterocycles. The van der Waals surface area contributed by atoms with Crippen molar-refractivity contribution in [2.24, 2.45) is 0 Å². The maximum absolute atomic E-state index is 11.1. The predicted molar refractivity (Wildman–Crippen MR) is 589 cm³/mol. The molecule has 0 aliphatic carbocycles. The zero-order valence-corrected chi connectivity index (χ0v) is 75.0. The fraction of sp³-hybridized carbons (Fsp3) is 0. The third-order valence-electron chi connectivity index (χ3n) is 27.9. The van der Waals surface area contributed by atoms with E-state index in [1.165, 1.54) is 0 Å². The molecular weight excluding hydrogens is 1680 g/mol. The van der Waals surface area contributed by atoms with Crippen LogP contribution in [0.5, 0.6) is 0 Å². The number of rotatable bonds is 16. The van der Waals surface area contributed by atoms with Gasteiger partial charge in [0.1, 0.15) is 0 Å². The molecule has 2 aliphatic rings. The molecule has 27 rings (SSSR count). The van der Waals surface area contributed by atoms with Gasteiger partial charge in [0.25, 0.3) is 6.71 Å². The second-order valence-electron chi connectivity index (χ2n) is 35.8. The molecule has 5 heteroatoms. The average Bonchev–Trinajstić information content (AvgIpc) is 1.31. The van der Waals surface area contributed by atoms with Crippen molar-refractivity contribution in [3.8, 4) is 145 Å². The number of aromatic nitrogens is 2. The topological polar surface area (TPSA) is 16.3 Å². The molecular formula is C134H87BN4. The van der Waals surface area contributed by atoms with Crippen LogP contribution in [0, 0.1) is 0 Å². The van der Waals surface area contributed by atoms with Crippen molar-refractivity contribution in [3.05, 3.63) is 527 Å². The van der Waals surface area contributed by atoms with Crippen LogP contribution in [0.2, 0.25) is 0 Å². The maximum Gasteiger partial charge on any atom is 0.252 e. The fourth-order valence-electron chi connectivity index (χ4n) is 21.6. The van der Waals surface area contributed by atoms with E-state index in [9.17, 15) is 19.2 Å². The minimum atomic E-state index is -0.865. The van der Waals surface area contributed by atoms with Gasteiger partial charge in [0.05, 0.1) is 52.6 Å². The van der Waals surface area contributed by atoms with Crippen molar-refractivity contribution in [2.75, 3.05) is 9.80 Å². The van der Waals surface area contributed by atoms with Crippen LogP contribution in [0.1, 0.15) is 19.2 Å². The third-order valence-corrected chi connectivity index (χ3v) is 27.9. The molecule has 0 saturated carbocycles. The summed E-state index contributed by atoms with van der Waals surface area (Å²) < 4.78 is 147. The first-order valence-electron chi connectivity index (χ1n) is 54.0. The van der Waals surface area contributed by atoms with Crippen LogP contribution in [0.25, 0.3) is 210 Å². The summed E-state index contributed by atoms with van der Waals surface area (Å²) in [6.07, 6.45) is 0. The lowest BCUT2D eigenvalue weighted by molar-refractivity contribution is 1.17. The van der Waals surface area contributed by atoms with E-state index in [4.69, 9.17) is 0 Å². The van der Waals surface area contributed by atoms with E-state index in [1.54, 1.807) is 9.13 Å². The van der Waals surface area contributed by atoms with Crippen molar-refractivity contribution in [1.29, 1.82) is 0 Å². The zero-order chi connectivity index (χ0) is 104. The Kier molecular flexibility index (Phi) is 16.2. The number of nitrogens with zero attached hydrogens (tertiary/aromatic N) is 4. The Bertz CT molecular complexity index is 10100. The van der Waals surface area contributed by atoms with Gasteiger partial charge < -0.3 is 18.9 Å². The number of hydrogen-bond acceptors (Lipinski definition) is 2. The van der Waals surface area contributed by atoms with Crippen LogP contribution >= 0.6 is 0 Å². The summed E-state index contributed by atoms with van der Waals surface area (Å²) in [6, 6.07) is 146. The first-order chi connectivity index (χ1) is 74.8. The van der Waals surface area contributed by atoms with E-state index in [0.29, 0.717) is 45.3 Å². The van der Waals surface area contributed by atoms with E-state index < -0.39 is 55.1 Å². The molecule has 0 atom stereocenters. The van der Waals surface area contributed by atoms with Gasteiger partial charge >= 0.3 is 0 Å². The molecule has 646 valence electrons. The number of benzene rings is 23. The highest BCUT2D eigenvalue weighted by atomic mass is 15.2. The number of anilines is 6. The second-order valence-corrected chi connectivity index (χ2v) is 35.8. The molecule has 0 spiro atoms. The smallest absolute Gasteiger partial charge is 0.252 e. The minimum absolute atomic E-state index is 0.000271. The molecule has 2 aromatic heterocycles. The predicted octanol–water partition coefficient (Wildman–Crippen LogP) is 34.3. The third kappa shape index (κ3) is 13.8. The van der Waals surface area contributed by atoms with E-state index >= 15 is 0 Å². The molecule has 4 heterocycles. The molecule has 0 fully saturated rings. The van der Waals surface area contributed by atoms with Crippen molar-refractivity contribution < 1.29 is 19.2 Å². The summed E-state index contributed by atoms with van der Waals surface area (Å²) in [7, 11) is 0. The Morgan fingerprint density at radius 2 is 0.511 bits per heavy atom. The molecule has 4 nitrogen and oxygen atoms in total. The monoisotopic (exact) mass is 1780 g/mol.